The highest BCUT2D eigenvalue weighted by molar-refractivity contribution is 5.93. The molecule has 0 amide bonds. The number of hydrogen-bond donors (Lipinski definition) is 0. The topological polar surface area (TPSA) is 63.2 Å². The van der Waals surface area contributed by atoms with Gasteiger partial charge < -0.3 is 23.7 Å². The van der Waals surface area contributed by atoms with Crippen molar-refractivity contribution >= 4 is 12.0 Å². The van der Waals surface area contributed by atoms with E-state index in [0.717, 1.165) is 5.56 Å². The summed E-state index contributed by atoms with van der Waals surface area (Å²) in [5.41, 5.74) is 1.26. The van der Waals surface area contributed by atoms with Crippen molar-refractivity contribution in [1.29, 1.82) is 0 Å². The standard InChI is InChI=1S/C20H26O6/c1-19(2)23-12-16(25-19)17-15(24-20(3,4)26-17)11-10-13-8-6-7-9-14(13)18(21)22-5/h6-11,15-17H,12H2,1-5H3/b11-10+/t15-,16-,17+/m1/s1. The molecule has 1 aromatic rings. The van der Waals surface area contributed by atoms with Crippen LogP contribution in [0.2, 0.25) is 0 Å². The zero-order chi connectivity index (χ0) is 18.9. The van der Waals surface area contributed by atoms with Gasteiger partial charge >= 0.3 is 5.97 Å². The summed E-state index contributed by atoms with van der Waals surface area (Å²) < 4.78 is 28.5. The van der Waals surface area contributed by atoms with Gasteiger partial charge in [0.25, 0.3) is 0 Å². The molecule has 6 heteroatoms. The van der Waals surface area contributed by atoms with E-state index in [-0.39, 0.29) is 24.3 Å². The minimum Gasteiger partial charge on any atom is -0.465 e. The van der Waals surface area contributed by atoms with Crippen LogP contribution in [0.1, 0.15) is 43.6 Å². The third-order valence-corrected chi connectivity index (χ3v) is 4.39. The summed E-state index contributed by atoms with van der Waals surface area (Å²) in [5.74, 6) is -1.73. The number of hydrogen-bond acceptors (Lipinski definition) is 6. The second-order valence-corrected chi connectivity index (χ2v) is 7.37. The highest BCUT2D eigenvalue weighted by Crippen LogP contribution is 2.36. The number of benzene rings is 1. The molecule has 142 valence electrons. The van der Waals surface area contributed by atoms with Gasteiger partial charge in [-0.3, -0.25) is 0 Å². The lowest BCUT2D eigenvalue weighted by Crippen LogP contribution is -2.37. The maximum absolute atomic E-state index is 11.9. The average Bonchev–Trinajstić information content (AvgIpc) is 3.10. The Hall–Kier alpha value is -1.73. The third kappa shape index (κ3) is 4.15. The van der Waals surface area contributed by atoms with Crippen LogP contribution in [0, 0.1) is 0 Å². The van der Waals surface area contributed by atoms with Gasteiger partial charge in [0.05, 0.1) is 19.3 Å². The van der Waals surface area contributed by atoms with Crippen LogP contribution in [-0.4, -0.2) is 49.6 Å². The molecule has 0 aliphatic carbocycles. The van der Waals surface area contributed by atoms with Crippen molar-refractivity contribution in [2.24, 2.45) is 0 Å². The van der Waals surface area contributed by atoms with E-state index in [4.69, 9.17) is 23.7 Å². The van der Waals surface area contributed by atoms with E-state index in [1.54, 1.807) is 12.1 Å². The second-order valence-electron chi connectivity index (χ2n) is 7.37. The van der Waals surface area contributed by atoms with Crippen molar-refractivity contribution in [2.45, 2.75) is 57.6 Å². The lowest BCUT2D eigenvalue weighted by molar-refractivity contribution is -0.174. The minimum absolute atomic E-state index is 0.225. The van der Waals surface area contributed by atoms with E-state index in [1.165, 1.54) is 7.11 Å². The molecule has 0 bridgehead atoms. The van der Waals surface area contributed by atoms with Crippen LogP contribution in [0.25, 0.3) is 6.08 Å². The zero-order valence-corrected chi connectivity index (χ0v) is 15.9. The maximum atomic E-state index is 11.9. The third-order valence-electron chi connectivity index (χ3n) is 4.39. The highest BCUT2D eigenvalue weighted by Gasteiger charge is 2.48. The molecular weight excluding hydrogens is 336 g/mol. The number of esters is 1. The first-order valence-electron chi connectivity index (χ1n) is 8.74. The molecule has 2 heterocycles. The first kappa shape index (κ1) is 19.0. The van der Waals surface area contributed by atoms with Gasteiger partial charge in [0, 0.05) is 0 Å². The fourth-order valence-electron chi connectivity index (χ4n) is 3.27. The van der Waals surface area contributed by atoms with Gasteiger partial charge in [-0.15, -0.1) is 0 Å². The number of ether oxygens (including phenoxy) is 5. The summed E-state index contributed by atoms with van der Waals surface area (Å²) in [6.07, 6.45) is 2.91. The first-order chi connectivity index (χ1) is 12.2. The molecule has 0 saturated carbocycles. The Morgan fingerprint density at radius 1 is 1.12 bits per heavy atom. The number of methoxy groups -OCH3 is 1. The molecule has 1 aromatic carbocycles. The predicted octanol–water partition coefficient (Wildman–Crippen LogP) is 3.16. The Morgan fingerprint density at radius 2 is 1.85 bits per heavy atom. The first-order valence-corrected chi connectivity index (χ1v) is 8.74. The van der Waals surface area contributed by atoms with Crippen molar-refractivity contribution in [1.82, 2.24) is 0 Å². The van der Waals surface area contributed by atoms with Gasteiger partial charge in [0.2, 0.25) is 0 Å². The van der Waals surface area contributed by atoms with Crippen LogP contribution < -0.4 is 0 Å². The lowest BCUT2D eigenvalue weighted by Gasteiger charge is -2.22. The van der Waals surface area contributed by atoms with Crippen LogP contribution in [-0.2, 0) is 23.7 Å². The maximum Gasteiger partial charge on any atom is 0.338 e. The normalized spacial score (nSPS) is 30.0. The SMILES string of the molecule is COC(=O)c1ccccc1/C=C/[C@H]1OC(C)(C)O[C@@H]1[C@H]1COC(C)(C)O1. The van der Waals surface area contributed by atoms with Crippen LogP contribution in [0.3, 0.4) is 0 Å². The largest absolute Gasteiger partial charge is 0.465 e. The van der Waals surface area contributed by atoms with Crippen LogP contribution in [0.15, 0.2) is 30.3 Å². The Kier molecular flexibility index (Phi) is 5.21. The molecule has 0 spiro atoms. The van der Waals surface area contributed by atoms with Crippen molar-refractivity contribution in [2.75, 3.05) is 13.7 Å². The number of rotatable bonds is 4. The summed E-state index contributed by atoms with van der Waals surface area (Å²) in [5, 5.41) is 0. The number of carbonyl (C=O) groups excluding carboxylic acids is 1. The van der Waals surface area contributed by atoms with E-state index in [2.05, 4.69) is 0 Å². The summed E-state index contributed by atoms with van der Waals surface area (Å²) in [4.78, 5) is 11.9. The average molecular weight is 362 g/mol. The van der Waals surface area contributed by atoms with Crippen molar-refractivity contribution in [3.05, 3.63) is 41.5 Å². The fourth-order valence-corrected chi connectivity index (χ4v) is 3.27. The van der Waals surface area contributed by atoms with Crippen molar-refractivity contribution < 1.29 is 28.5 Å². The van der Waals surface area contributed by atoms with E-state index in [0.29, 0.717) is 12.2 Å². The molecule has 0 N–H and O–H groups in total. The predicted molar refractivity (Wildman–Crippen MR) is 95.5 cm³/mol. The zero-order valence-electron chi connectivity index (χ0n) is 15.9. The van der Waals surface area contributed by atoms with Crippen LogP contribution in [0.4, 0.5) is 0 Å². The highest BCUT2D eigenvalue weighted by atomic mass is 16.8. The molecule has 0 aromatic heterocycles. The monoisotopic (exact) mass is 362 g/mol. The van der Waals surface area contributed by atoms with Gasteiger partial charge in [-0.1, -0.05) is 30.4 Å². The van der Waals surface area contributed by atoms with Crippen molar-refractivity contribution in [3.8, 4) is 0 Å². The molecule has 2 fully saturated rings. The van der Waals surface area contributed by atoms with Gasteiger partial charge in [-0.05, 0) is 39.3 Å². The molecule has 6 nitrogen and oxygen atoms in total. The van der Waals surface area contributed by atoms with Crippen LogP contribution in [0.5, 0.6) is 0 Å². The summed E-state index contributed by atoms with van der Waals surface area (Å²) >= 11 is 0. The Bertz CT molecular complexity index is 693. The molecule has 2 aliphatic heterocycles. The molecule has 2 aliphatic rings. The molecule has 0 radical (unpaired) electrons. The molecular formula is C20H26O6. The quantitative estimate of drug-likeness (QED) is 0.767. The Balaban J connectivity index is 1.81. The fraction of sp³-hybridized carbons (Fsp3) is 0.550. The van der Waals surface area contributed by atoms with E-state index in [1.807, 2.05) is 52.0 Å². The van der Waals surface area contributed by atoms with Gasteiger partial charge in [-0.25, -0.2) is 4.79 Å². The molecule has 26 heavy (non-hydrogen) atoms. The molecule has 2 saturated heterocycles. The summed E-state index contributed by atoms with van der Waals surface area (Å²) in [7, 11) is 1.37. The second kappa shape index (κ2) is 7.12. The van der Waals surface area contributed by atoms with Crippen LogP contribution >= 0.6 is 0 Å². The van der Waals surface area contributed by atoms with Gasteiger partial charge in [-0.2, -0.15) is 0 Å². The van der Waals surface area contributed by atoms with E-state index < -0.39 is 11.6 Å². The lowest BCUT2D eigenvalue weighted by atomic mass is 10.0. The summed E-state index contributed by atoms with van der Waals surface area (Å²) in [6, 6.07) is 7.26. The smallest absolute Gasteiger partial charge is 0.338 e. The summed E-state index contributed by atoms with van der Waals surface area (Å²) in [6.45, 7) is 7.95. The Labute approximate surface area is 154 Å². The Morgan fingerprint density at radius 3 is 2.50 bits per heavy atom. The molecule has 3 rings (SSSR count). The molecule has 0 unspecified atom stereocenters. The molecule has 3 atom stereocenters. The van der Waals surface area contributed by atoms with E-state index >= 15 is 0 Å². The van der Waals surface area contributed by atoms with Gasteiger partial charge in [0.15, 0.2) is 11.6 Å². The minimum atomic E-state index is -0.725. The van der Waals surface area contributed by atoms with Crippen molar-refractivity contribution in [3.63, 3.8) is 0 Å². The van der Waals surface area contributed by atoms with Gasteiger partial charge in [0.1, 0.15) is 18.3 Å². The number of carbonyl (C=O) groups is 1. The van der Waals surface area contributed by atoms with E-state index in [9.17, 15) is 4.79 Å².